The first kappa shape index (κ1) is 19.0. The first-order valence-corrected chi connectivity index (χ1v) is 9.44. The second-order valence-corrected chi connectivity index (χ2v) is 7.82. The summed E-state index contributed by atoms with van der Waals surface area (Å²) in [6.45, 7) is 2.96. The van der Waals surface area contributed by atoms with Crippen LogP contribution in [0.2, 0.25) is 5.02 Å². The van der Waals surface area contributed by atoms with E-state index in [9.17, 15) is 4.79 Å². The van der Waals surface area contributed by atoms with Crippen LogP contribution in [-0.2, 0) is 14.9 Å². The van der Waals surface area contributed by atoms with E-state index in [0.717, 1.165) is 37.9 Å². The van der Waals surface area contributed by atoms with Crippen LogP contribution >= 0.6 is 24.0 Å². The molecule has 2 bridgehead atoms. The van der Waals surface area contributed by atoms with Crippen LogP contribution in [0.3, 0.4) is 0 Å². The summed E-state index contributed by atoms with van der Waals surface area (Å²) in [5.41, 5.74) is 0.567. The summed E-state index contributed by atoms with van der Waals surface area (Å²) in [5.74, 6) is 0.266. The molecule has 0 aliphatic carbocycles. The number of carbonyl (C=O) groups is 1. The van der Waals surface area contributed by atoms with E-state index in [1.54, 1.807) is 0 Å². The average molecular weight is 385 g/mol. The molecule has 0 radical (unpaired) electrons. The van der Waals surface area contributed by atoms with Crippen LogP contribution in [0.5, 0.6) is 0 Å². The molecule has 0 aromatic heterocycles. The van der Waals surface area contributed by atoms with E-state index in [4.69, 9.17) is 16.3 Å². The van der Waals surface area contributed by atoms with Crippen molar-refractivity contribution in [2.24, 2.45) is 0 Å². The highest BCUT2D eigenvalue weighted by Crippen LogP contribution is 2.38. The molecule has 3 heterocycles. The second kappa shape index (κ2) is 7.83. The van der Waals surface area contributed by atoms with Gasteiger partial charge in [-0.25, -0.2) is 0 Å². The number of carbonyl (C=O) groups excluding carboxylic acids is 1. The average Bonchev–Trinajstić information content (AvgIpc) is 2.94. The normalized spacial score (nSPS) is 28.1. The Balaban J connectivity index is 0.00000182. The Morgan fingerprint density at radius 2 is 1.96 bits per heavy atom. The molecule has 1 aromatic rings. The zero-order chi connectivity index (χ0) is 16.6. The molecule has 1 N–H and O–H groups in total. The maximum Gasteiger partial charge on any atom is 0.233 e. The Labute approximate surface area is 160 Å². The molecule has 1 amide bonds. The minimum atomic E-state index is -0.479. The third-order valence-corrected chi connectivity index (χ3v) is 6.18. The molecule has 0 spiro atoms. The van der Waals surface area contributed by atoms with Crippen molar-refractivity contribution >= 4 is 29.9 Å². The molecule has 3 saturated heterocycles. The fourth-order valence-corrected chi connectivity index (χ4v) is 4.75. The van der Waals surface area contributed by atoms with Crippen molar-refractivity contribution in [2.75, 3.05) is 26.3 Å². The van der Waals surface area contributed by atoms with E-state index in [-0.39, 0.29) is 18.3 Å². The zero-order valence-corrected chi connectivity index (χ0v) is 16.0. The number of ether oxygens (including phenoxy) is 1. The molecule has 6 heteroatoms. The fraction of sp³-hybridized carbons (Fsp3) is 0.632. The van der Waals surface area contributed by atoms with Crippen molar-refractivity contribution in [3.63, 3.8) is 0 Å². The monoisotopic (exact) mass is 384 g/mol. The number of hydrogen-bond donors (Lipinski definition) is 1. The third-order valence-electron chi connectivity index (χ3n) is 5.94. The SMILES string of the molecule is Cl.O=C(N1CCC2CCC(C1)N2)C1(c2cccc(Cl)c2)CCOCC1. The molecule has 4 rings (SSSR count). The topological polar surface area (TPSA) is 41.6 Å². The van der Waals surface area contributed by atoms with Crippen LogP contribution in [0.4, 0.5) is 0 Å². The Kier molecular flexibility index (Phi) is 5.94. The van der Waals surface area contributed by atoms with Gasteiger partial charge in [0.15, 0.2) is 0 Å². The largest absolute Gasteiger partial charge is 0.381 e. The molecule has 1 aromatic carbocycles. The Morgan fingerprint density at radius 1 is 1.20 bits per heavy atom. The van der Waals surface area contributed by atoms with Crippen LogP contribution in [0.25, 0.3) is 0 Å². The van der Waals surface area contributed by atoms with E-state index in [2.05, 4.69) is 16.3 Å². The van der Waals surface area contributed by atoms with E-state index in [1.807, 2.05) is 18.2 Å². The Hall–Kier alpha value is -0.810. The summed E-state index contributed by atoms with van der Waals surface area (Å²) in [6.07, 6.45) is 4.97. The van der Waals surface area contributed by atoms with Crippen molar-refractivity contribution in [2.45, 2.75) is 49.6 Å². The van der Waals surface area contributed by atoms with E-state index in [1.165, 1.54) is 12.8 Å². The van der Waals surface area contributed by atoms with E-state index in [0.29, 0.717) is 30.3 Å². The van der Waals surface area contributed by atoms with Gasteiger partial charge in [0.05, 0.1) is 5.41 Å². The molecular weight excluding hydrogens is 359 g/mol. The van der Waals surface area contributed by atoms with Crippen molar-refractivity contribution in [3.05, 3.63) is 34.9 Å². The molecule has 0 saturated carbocycles. The van der Waals surface area contributed by atoms with Gasteiger partial charge in [0.25, 0.3) is 0 Å². The minimum Gasteiger partial charge on any atom is -0.381 e. The molecule has 138 valence electrons. The van der Waals surface area contributed by atoms with Gasteiger partial charge in [-0.3, -0.25) is 4.79 Å². The lowest BCUT2D eigenvalue weighted by Crippen LogP contribution is -2.52. The highest BCUT2D eigenvalue weighted by Gasteiger charge is 2.45. The number of amides is 1. The lowest BCUT2D eigenvalue weighted by molar-refractivity contribution is -0.141. The summed E-state index contributed by atoms with van der Waals surface area (Å²) in [5, 5.41) is 4.36. The van der Waals surface area contributed by atoms with Gasteiger partial charge in [0.2, 0.25) is 5.91 Å². The Morgan fingerprint density at radius 3 is 2.72 bits per heavy atom. The van der Waals surface area contributed by atoms with Gasteiger partial charge < -0.3 is 15.0 Å². The Bertz CT molecular complexity index is 619. The van der Waals surface area contributed by atoms with Gasteiger partial charge in [-0.15, -0.1) is 12.4 Å². The van der Waals surface area contributed by atoms with Gasteiger partial charge in [-0.1, -0.05) is 23.7 Å². The number of nitrogens with zero attached hydrogens (tertiary/aromatic N) is 1. The van der Waals surface area contributed by atoms with E-state index < -0.39 is 5.41 Å². The lowest BCUT2D eigenvalue weighted by atomic mass is 9.73. The second-order valence-electron chi connectivity index (χ2n) is 7.38. The first-order valence-electron chi connectivity index (χ1n) is 9.07. The maximum atomic E-state index is 13.6. The first-order chi connectivity index (χ1) is 11.7. The van der Waals surface area contributed by atoms with Crippen molar-refractivity contribution < 1.29 is 9.53 Å². The summed E-state index contributed by atoms with van der Waals surface area (Å²) in [7, 11) is 0. The fourth-order valence-electron chi connectivity index (χ4n) is 4.56. The van der Waals surface area contributed by atoms with Gasteiger partial charge >= 0.3 is 0 Å². The quantitative estimate of drug-likeness (QED) is 0.851. The summed E-state index contributed by atoms with van der Waals surface area (Å²) >= 11 is 6.23. The molecular formula is C19H26Cl2N2O2. The predicted molar refractivity (Wildman–Crippen MR) is 102 cm³/mol. The van der Waals surface area contributed by atoms with Crippen LogP contribution in [-0.4, -0.2) is 49.2 Å². The summed E-state index contributed by atoms with van der Waals surface area (Å²) < 4.78 is 5.57. The van der Waals surface area contributed by atoms with Crippen LogP contribution in [0.1, 0.15) is 37.7 Å². The van der Waals surface area contributed by atoms with Gasteiger partial charge in [-0.05, 0) is 49.8 Å². The summed E-state index contributed by atoms with van der Waals surface area (Å²) in [4.78, 5) is 15.7. The number of hydrogen-bond acceptors (Lipinski definition) is 3. The molecule has 2 unspecified atom stereocenters. The summed E-state index contributed by atoms with van der Waals surface area (Å²) in [6, 6.07) is 8.89. The van der Waals surface area contributed by atoms with Gasteiger partial charge in [0.1, 0.15) is 0 Å². The molecule has 4 nitrogen and oxygen atoms in total. The van der Waals surface area contributed by atoms with Crippen LogP contribution < -0.4 is 5.32 Å². The van der Waals surface area contributed by atoms with Crippen LogP contribution in [0, 0.1) is 0 Å². The molecule has 2 atom stereocenters. The van der Waals surface area contributed by atoms with Gasteiger partial charge in [-0.2, -0.15) is 0 Å². The minimum absolute atomic E-state index is 0. The number of halogens is 2. The highest BCUT2D eigenvalue weighted by atomic mass is 35.5. The number of fused-ring (bicyclic) bond motifs is 2. The maximum absolute atomic E-state index is 13.6. The lowest BCUT2D eigenvalue weighted by Gasteiger charge is -2.40. The zero-order valence-electron chi connectivity index (χ0n) is 14.4. The number of rotatable bonds is 2. The van der Waals surface area contributed by atoms with Crippen molar-refractivity contribution in [3.8, 4) is 0 Å². The molecule has 3 fully saturated rings. The van der Waals surface area contributed by atoms with E-state index >= 15 is 0 Å². The van der Waals surface area contributed by atoms with Gasteiger partial charge in [0, 0.05) is 43.4 Å². The van der Waals surface area contributed by atoms with Crippen LogP contribution in [0.15, 0.2) is 24.3 Å². The molecule has 3 aliphatic heterocycles. The van der Waals surface area contributed by atoms with Crippen molar-refractivity contribution in [1.82, 2.24) is 10.2 Å². The molecule has 3 aliphatic rings. The highest BCUT2D eigenvalue weighted by molar-refractivity contribution is 6.30. The molecule has 25 heavy (non-hydrogen) atoms. The number of likely N-dealkylation sites (tertiary alicyclic amines) is 1. The number of nitrogens with one attached hydrogen (secondary N) is 1. The standard InChI is InChI=1S/C19H25ClN2O2.ClH/c20-15-3-1-2-14(12-15)19(7-10-24-11-8-19)18(23)22-9-6-16-4-5-17(13-22)21-16;/h1-3,12,16-17,21H,4-11,13H2;1H. The third kappa shape index (κ3) is 3.68. The van der Waals surface area contributed by atoms with Crippen molar-refractivity contribution in [1.29, 1.82) is 0 Å². The number of benzene rings is 1. The predicted octanol–water partition coefficient (Wildman–Crippen LogP) is 3.16. The smallest absolute Gasteiger partial charge is 0.233 e.